The van der Waals surface area contributed by atoms with E-state index in [4.69, 9.17) is 9.84 Å². The average Bonchev–Trinajstić information content (AvgIpc) is 2.94. The standard InChI is InChI=1S/C15H17NO4/c1-9-2-5-12(20-9)8-16-13-6-11(15(18)19)4-3-10(13)7-14(16)17/h3-4,6,9,12H,2,5,7-8H2,1H3,(H,18,19). The molecule has 1 fully saturated rings. The molecule has 0 spiro atoms. The predicted octanol–water partition coefficient (Wildman–Crippen LogP) is 1.84. The fourth-order valence-corrected chi connectivity index (χ4v) is 2.91. The van der Waals surface area contributed by atoms with Gasteiger partial charge in [-0.3, -0.25) is 4.79 Å². The van der Waals surface area contributed by atoms with E-state index in [-0.39, 0.29) is 23.7 Å². The van der Waals surface area contributed by atoms with Crippen molar-refractivity contribution in [2.75, 3.05) is 11.4 Å². The number of carbonyl (C=O) groups is 2. The zero-order valence-corrected chi connectivity index (χ0v) is 11.3. The maximum Gasteiger partial charge on any atom is 0.335 e. The van der Waals surface area contributed by atoms with Crippen molar-refractivity contribution in [1.29, 1.82) is 0 Å². The van der Waals surface area contributed by atoms with Gasteiger partial charge in [-0.25, -0.2) is 4.79 Å². The molecule has 1 aromatic rings. The topological polar surface area (TPSA) is 66.8 Å². The van der Waals surface area contributed by atoms with Gasteiger partial charge in [0, 0.05) is 5.69 Å². The molecule has 2 aliphatic rings. The van der Waals surface area contributed by atoms with E-state index < -0.39 is 5.97 Å². The largest absolute Gasteiger partial charge is 0.478 e. The van der Waals surface area contributed by atoms with Crippen LogP contribution in [0.3, 0.4) is 0 Å². The number of carboxylic acid groups (broad SMARTS) is 1. The highest BCUT2D eigenvalue weighted by Crippen LogP contribution is 2.32. The number of rotatable bonds is 3. The second kappa shape index (κ2) is 4.90. The number of hydrogen-bond acceptors (Lipinski definition) is 3. The maximum atomic E-state index is 12.1. The molecule has 2 atom stereocenters. The summed E-state index contributed by atoms with van der Waals surface area (Å²) in [7, 11) is 0. The van der Waals surface area contributed by atoms with Crippen molar-refractivity contribution in [3.8, 4) is 0 Å². The first-order valence-electron chi connectivity index (χ1n) is 6.86. The zero-order chi connectivity index (χ0) is 14.3. The first-order chi connectivity index (χ1) is 9.54. The minimum atomic E-state index is -0.974. The summed E-state index contributed by atoms with van der Waals surface area (Å²) in [6, 6.07) is 4.86. The van der Waals surface area contributed by atoms with Gasteiger partial charge in [0.25, 0.3) is 0 Å². The van der Waals surface area contributed by atoms with E-state index in [9.17, 15) is 9.59 Å². The van der Waals surface area contributed by atoms with Crippen LogP contribution in [0.25, 0.3) is 0 Å². The van der Waals surface area contributed by atoms with Gasteiger partial charge in [0.05, 0.1) is 30.7 Å². The lowest BCUT2D eigenvalue weighted by Gasteiger charge is -2.22. The fourth-order valence-electron chi connectivity index (χ4n) is 2.91. The van der Waals surface area contributed by atoms with Crippen LogP contribution in [-0.4, -0.2) is 35.7 Å². The highest BCUT2D eigenvalue weighted by molar-refractivity contribution is 6.03. The molecule has 20 heavy (non-hydrogen) atoms. The van der Waals surface area contributed by atoms with Gasteiger partial charge in [0.2, 0.25) is 5.91 Å². The number of fused-ring (bicyclic) bond motifs is 1. The SMILES string of the molecule is CC1CCC(CN2C(=O)Cc3ccc(C(=O)O)cc32)O1. The summed E-state index contributed by atoms with van der Waals surface area (Å²) < 4.78 is 5.75. The minimum Gasteiger partial charge on any atom is -0.478 e. The van der Waals surface area contributed by atoms with Crippen molar-refractivity contribution >= 4 is 17.6 Å². The van der Waals surface area contributed by atoms with E-state index in [0.717, 1.165) is 24.1 Å². The molecule has 5 nitrogen and oxygen atoms in total. The average molecular weight is 275 g/mol. The molecule has 0 bridgehead atoms. The van der Waals surface area contributed by atoms with E-state index >= 15 is 0 Å². The number of nitrogens with zero attached hydrogens (tertiary/aromatic N) is 1. The van der Waals surface area contributed by atoms with Crippen LogP contribution in [0.2, 0.25) is 0 Å². The van der Waals surface area contributed by atoms with Crippen LogP contribution in [0.1, 0.15) is 35.7 Å². The normalized spacial score (nSPS) is 25.1. The quantitative estimate of drug-likeness (QED) is 0.914. The number of ether oxygens (including phenoxy) is 1. The molecule has 1 saturated heterocycles. The fraction of sp³-hybridized carbons (Fsp3) is 0.467. The first kappa shape index (κ1) is 13.1. The number of carboxylic acids is 1. The van der Waals surface area contributed by atoms with E-state index in [1.165, 1.54) is 0 Å². The van der Waals surface area contributed by atoms with Crippen molar-refractivity contribution < 1.29 is 19.4 Å². The Hall–Kier alpha value is -1.88. The lowest BCUT2D eigenvalue weighted by atomic mass is 10.1. The second-order valence-corrected chi connectivity index (χ2v) is 5.48. The molecule has 0 radical (unpaired) electrons. The van der Waals surface area contributed by atoms with Gasteiger partial charge in [0.15, 0.2) is 0 Å². The molecule has 0 aromatic heterocycles. The van der Waals surface area contributed by atoms with Gasteiger partial charge in [-0.1, -0.05) is 6.07 Å². The van der Waals surface area contributed by atoms with Crippen LogP contribution in [0.15, 0.2) is 18.2 Å². The van der Waals surface area contributed by atoms with Crippen LogP contribution < -0.4 is 4.90 Å². The summed E-state index contributed by atoms with van der Waals surface area (Å²) in [5, 5.41) is 9.06. The molecule has 2 aliphatic heterocycles. The monoisotopic (exact) mass is 275 g/mol. The van der Waals surface area contributed by atoms with Crippen molar-refractivity contribution in [3.63, 3.8) is 0 Å². The van der Waals surface area contributed by atoms with Crippen molar-refractivity contribution in [3.05, 3.63) is 29.3 Å². The molecule has 0 aliphatic carbocycles. The van der Waals surface area contributed by atoms with Gasteiger partial charge < -0.3 is 14.7 Å². The van der Waals surface area contributed by atoms with Gasteiger partial charge in [-0.15, -0.1) is 0 Å². The molecule has 1 N–H and O–H groups in total. The third kappa shape index (κ3) is 2.29. The third-order valence-electron chi connectivity index (χ3n) is 3.97. The Morgan fingerprint density at radius 3 is 2.90 bits per heavy atom. The first-order valence-corrected chi connectivity index (χ1v) is 6.86. The van der Waals surface area contributed by atoms with Crippen LogP contribution in [0, 0.1) is 0 Å². The molecular formula is C15H17NO4. The van der Waals surface area contributed by atoms with Crippen LogP contribution in [0.5, 0.6) is 0 Å². The molecule has 1 amide bonds. The summed E-state index contributed by atoms with van der Waals surface area (Å²) in [5.41, 5.74) is 1.83. The third-order valence-corrected chi connectivity index (χ3v) is 3.97. The number of hydrogen-bond donors (Lipinski definition) is 1. The smallest absolute Gasteiger partial charge is 0.335 e. The van der Waals surface area contributed by atoms with Gasteiger partial charge in [-0.05, 0) is 37.5 Å². The Morgan fingerprint density at radius 1 is 1.45 bits per heavy atom. The lowest BCUT2D eigenvalue weighted by molar-refractivity contribution is -0.117. The van der Waals surface area contributed by atoms with E-state index in [2.05, 4.69) is 0 Å². The van der Waals surface area contributed by atoms with Crippen LogP contribution in [-0.2, 0) is 16.0 Å². The van der Waals surface area contributed by atoms with Crippen LogP contribution >= 0.6 is 0 Å². The lowest BCUT2D eigenvalue weighted by Crippen LogP contribution is -2.35. The van der Waals surface area contributed by atoms with E-state index in [1.54, 1.807) is 23.1 Å². The van der Waals surface area contributed by atoms with Gasteiger partial charge >= 0.3 is 5.97 Å². The Kier molecular flexibility index (Phi) is 3.22. The summed E-state index contributed by atoms with van der Waals surface area (Å²) in [5.74, 6) is -0.955. The maximum absolute atomic E-state index is 12.1. The molecule has 5 heteroatoms. The zero-order valence-electron chi connectivity index (χ0n) is 11.3. The number of amides is 1. The van der Waals surface area contributed by atoms with E-state index in [1.807, 2.05) is 6.92 Å². The predicted molar refractivity (Wildman–Crippen MR) is 73.0 cm³/mol. The summed E-state index contributed by atoms with van der Waals surface area (Å²) >= 11 is 0. The van der Waals surface area contributed by atoms with Crippen LogP contribution in [0.4, 0.5) is 5.69 Å². The highest BCUT2D eigenvalue weighted by Gasteiger charge is 2.32. The van der Waals surface area contributed by atoms with Crippen molar-refractivity contribution in [2.45, 2.75) is 38.4 Å². The van der Waals surface area contributed by atoms with Crippen molar-refractivity contribution in [2.24, 2.45) is 0 Å². The van der Waals surface area contributed by atoms with Gasteiger partial charge in [-0.2, -0.15) is 0 Å². The number of anilines is 1. The molecular weight excluding hydrogens is 258 g/mol. The Bertz CT molecular complexity index is 569. The Labute approximate surface area is 117 Å². The number of aromatic carboxylic acids is 1. The molecule has 2 unspecified atom stereocenters. The number of benzene rings is 1. The summed E-state index contributed by atoms with van der Waals surface area (Å²) in [6.45, 7) is 2.54. The molecule has 2 heterocycles. The minimum absolute atomic E-state index is 0.0192. The molecule has 1 aromatic carbocycles. The molecule has 106 valence electrons. The summed E-state index contributed by atoms with van der Waals surface area (Å²) in [4.78, 5) is 24.8. The van der Waals surface area contributed by atoms with Gasteiger partial charge in [0.1, 0.15) is 0 Å². The molecule has 0 saturated carbocycles. The Morgan fingerprint density at radius 2 is 2.25 bits per heavy atom. The highest BCUT2D eigenvalue weighted by atomic mass is 16.5. The molecule has 3 rings (SSSR count). The summed E-state index contributed by atoms with van der Waals surface area (Å²) in [6.07, 6.45) is 2.58. The second-order valence-electron chi connectivity index (χ2n) is 5.48. The van der Waals surface area contributed by atoms with Crippen molar-refractivity contribution in [1.82, 2.24) is 0 Å². The number of carbonyl (C=O) groups excluding carboxylic acids is 1. The Balaban J connectivity index is 1.84. The van der Waals surface area contributed by atoms with E-state index in [0.29, 0.717) is 13.0 Å².